The van der Waals surface area contributed by atoms with E-state index in [1.807, 2.05) is 13.8 Å². The molecule has 0 radical (unpaired) electrons. The van der Waals surface area contributed by atoms with E-state index in [-0.39, 0.29) is 42.6 Å². The van der Waals surface area contributed by atoms with Gasteiger partial charge in [0, 0.05) is 45.2 Å². The van der Waals surface area contributed by atoms with Gasteiger partial charge in [-0.25, -0.2) is 8.42 Å². The smallest absolute Gasteiger partial charge is 0.305 e. The maximum Gasteiger partial charge on any atom is 0.305 e. The van der Waals surface area contributed by atoms with Gasteiger partial charge in [-0.1, -0.05) is 18.2 Å². The van der Waals surface area contributed by atoms with Gasteiger partial charge in [0.2, 0.25) is 10.0 Å². The van der Waals surface area contributed by atoms with Crippen molar-refractivity contribution in [1.82, 2.24) is 24.6 Å². The van der Waals surface area contributed by atoms with Crippen LogP contribution in [0.2, 0.25) is 0 Å². The summed E-state index contributed by atoms with van der Waals surface area (Å²) < 4.78 is 46.1. The summed E-state index contributed by atoms with van der Waals surface area (Å²) in [5, 5.41) is 11.6. The first-order valence-electron chi connectivity index (χ1n) is 11.7. The van der Waals surface area contributed by atoms with Crippen molar-refractivity contribution in [2.45, 2.75) is 56.9 Å². The number of rotatable bonds is 5. The van der Waals surface area contributed by atoms with E-state index < -0.39 is 16.1 Å². The molecule has 35 heavy (non-hydrogen) atoms. The maximum absolute atomic E-state index is 13.2. The van der Waals surface area contributed by atoms with Gasteiger partial charge in [-0.2, -0.15) is 4.31 Å². The molecule has 0 saturated carbocycles. The summed E-state index contributed by atoms with van der Waals surface area (Å²) in [5.74, 6) is 0.166. The van der Waals surface area contributed by atoms with Gasteiger partial charge in [-0.15, -0.1) is 5.10 Å². The van der Waals surface area contributed by atoms with Crippen molar-refractivity contribution in [3.05, 3.63) is 36.2 Å². The molecule has 1 N–H and O–H groups in total. The Labute approximate surface area is 206 Å². The molecule has 2 bridgehead atoms. The number of aryl methyl sites for hydroxylation is 1. The van der Waals surface area contributed by atoms with Gasteiger partial charge in [-0.05, 0) is 31.4 Å². The van der Waals surface area contributed by atoms with E-state index in [4.69, 9.17) is 14.2 Å². The molecule has 194 valence electrons. The van der Waals surface area contributed by atoms with E-state index in [0.717, 1.165) is 0 Å². The first-order valence-corrected chi connectivity index (χ1v) is 13.1. The standard InChI is InChI=1S/C23H35N5O6S/c1-17-12-24-18(2)15-34-23(29)9-6-10-28-13-19(25-26-28)16-33-22(17)14-27(3)35(30,31)21-8-5-7-20(11-21)32-4/h5,7-8,11,13,17-18,22,24H,6,9-10,12,14-16H2,1-4H3/t17-,18-,22-/m0/s1. The van der Waals surface area contributed by atoms with Crippen LogP contribution in [-0.2, 0) is 37.4 Å². The molecule has 1 aliphatic rings. The van der Waals surface area contributed by atoms with Crippen LogP contribution in [0.3, 0.4) is 0 Å². The van der Waals surface area contributed by atoms with Crippen molar-refractivity contribution in [2.75, 3.05) is 33.9 Å². The van der Waals surface area contributed by atoms with Gasteiger partial charge in [-0.3, -0.25) is 9.48 Å². The third kappa shape index (κ3) is 7.72. The Morgan fingerprint density at radius 3 is 2.89 bits per heavy atom. The van der Waals surface area contributed by atoms with Crippen LogP contribution < -0.4 is 10.1 Å². The highest BCUT2D eigenvalue weighted by atomic mass is 32.2. The molecule has 3 rings (SSSR count). The van der Waals surface area contributed by atoms with Crippen molar-refractivity contribution < 1.29 is 27.4 Å². The molecule has 11 nitrogen and oxygen atoms in total. The first-order chi connectivity index (χ1) is 16.7. The number of fused-ring (bicyclic) bond motifs is 2. The minimum absolute atomic E-state index is 0.0548. The lowest BCUT2D eigenvalue weighted by Gasteiger charge is -2.29. The summed E-state index contributed by atoms with van der Waals surface area (Å²) in [4.78, 5) is 12.1. The van der Waals surface area contributed by atoms with Crippen LogP contribution in [0.4, 0.5) is 0 Å². The van der Waals surface area contributed by atoms with E-state index in [0.29, 0.717) is 37.4 Å². The van der Waals surface area contributed by atoms with Crippen molar-refractivity contribution in [2.24, 2.45) is 5.92 Å². The molecular weight excluding hydrogens is 474 g/mol. The monoisotopic (exact) mass is 509 g/mol. The predicted molar refractivity (Wildman–Crippen MR) is 128 cm³/mol. The van der Waals surface area contributed by atoms with Crippen molar-refractivity contribution in [3.63, 3.8) is 0 Å². The van der Waals surface area contributed by atoms with Crippen molar-refractivity contribution in [3.8, 4) is 5.75 Å². The van der Waals surface area contributed by atoms with Gasteiger partial charge in [0.25, 0.3) is 0 Å². The third-order valence-corrected chi connectivity index (χ3v) is 7.72. The second-order valence-corrected chi connectivity index (χ2v) is 10.9. The molecule has 1 aromatic carbocycles. The summed E-state index contributed by atoms with van der Waals surface area (Å²) in [6.45, 7) is 5.60. The molecule has 0 unspecified atom stereocenters. The number of sulfonamides is 1. The Bertz CT molecular complexity index is 1080. The van der Waals surface area contributed by atoms with Crippen LogP contribution in [0.15, 0.2) is 35.4 Å². The minimum atomic E-state index is -3.76. The topological polar surface area (TPSA) is 125 Å². The number of benzene rings is 1. The third-order valence-electron chi connectivity index (χ3n) is 5.90. The number of methoxy groups -OCH3 is 1. The minimum Gasteiger partial charge on any atom is -0.497 e. The summed E-state index contributed by atoms with van der Waals surface area (Å²) in [6.07, 6.45) is 2.25. The first kappa shape index (κ1) is 27.1. The van der Waals surface area contributed by atoms with E-state index in [1.54, 1.807) is 29.1 Å². The van der Waals surface area contributed by atoms with E-state index in [1.165, 1.54) is 24.5 Å². The lowest BCUT2D eigenvalue weighted by Crippen LogP contribution is -2.43. The quantitative estimate of drug-likeness (QED) is 0.596. The fourth-order valence-electron chi connectivity index (χ4n) is 3.65. The fraction of sp³-hybridized carbons (Fsp3) is 0.609. The van der Waals surface area contributed by atoms with E-state index in [9.17, 15) is 13.2 Å². The number of carbonyl (C=O) groups excluding carboxylic acids is 1. The largest absolute Gasteiger partial charge is 0.497 e. The summed E-state index contributed by atoms with van der Waals surface area (Å²) in [6, 6.07) is 6.33. The number of ether oxygens (including phenoxy) is 3. The van der Waals surface area contributed by atoms with Crippen molar-refractivity contribution in [1.29, 1.82) is 0 Å². The zero-order chi connectivity index (χ0) is 25.4. The Hall–Kier alpha value is -2.54. The average molecular weight is 510 g/mol. The lowest BCUT2D eigenvalue weighted by atomic mass is 10.0. The highest BCUT2D eigenvalue weighted by molar-refractivity contribution is 7.89. The SMILES string of the molecule is COc1cccc(S(=O)(=O)N(C)C[C@@H]2OCc3cn(nn3)CCCC(=O)OC[C@H](C)NC[C@@H]2C)c1. The number of aromatic nitrogens is 3. The lowest BCUT2D eigenvalue weighted by molar-refractivity contribution is -0.144. The van der Waals surface area contributed by atoms with Crippen LogP contribution >= 0.6 is 0 Å². The van der Waals surface area contributed by atoms with Crippen LogP contribution in [0, 0.1) is 5.92 Å². The Morgan fingerprint density at radius 2 is 2.11 bits per heavy atom. The molecule has 1 aromatic heterocycles. The Kier molecular flexibility index (Phi) is 9.61. The number of esters is 1. The molecule has 2 aromatic rings. The molecule has 0 aliphatic carbocycles. The number of nitrogens with one attached hydrogen (secondary N) is 1. The average Bonchev–Trinajstić information content (AvgIpc) is 3.30. The van der Waals surface area contributed by atoms with E-state index in [2.05, 4.69) is 15.6 Å². The van der Waals surface area contributed by atoms with Gasteiger partial charge >= 0.3 is 5.97 Å². The number of hydrogen-bond acceptors (Lipinski definition) is 9. The van der Waals surface area contributed by atoms with E-state index >= 15 is 0 Å². The maximum atomic E-state index is 13.2. The van der Waals surface area contributed by atoms with Crippen LogP contribution in [0.25, 0.3) is 0 Å². The summed E-state index contributed by atoms with van der Waals surface area (Å²) >= 11 is 0. The van der Waals surface area contributed by atoms with Gasteiger partial charge < -0.3 is 19.5 Å². The highest BCUT2D eigenvalue weighted by Gasteiger charge is 2.28. The zero-order valence-electron chi connectivity index (χ0n) is 20.7. The molecule has 1 aliphatic heterocycles. The predicted octanol–water partition coefficient (Wildman–Crippen LogP) is 1.44. The van der Waals surface area contributed by atoms with Crippen LogP contribution in [-0.4, -0.2) is 79.7 Å². The molecule has 0 spiro atoms. The molecule has 12 heteroatoms. The van der Waals surface area contributed by atoms with Crippen LogP contribution in [0.1, 0.15) is 32.4 Å². The highest BCUT2D eigenvalue weighted by Crippen LogP contribution is 2.22. The molecule has 0 saturated heterocycles. The molecule has 3 atom stereocenters. The second-order valence-electron chi connectivity index (χ2n) is 8.86. The fourth-order valence-corrected chi connectivity index (χ4v) is 4.87. The summed E-state index contributed by atoms with van der Waals surface area (Å²) in [7, 11) is -0.729. The summed E-state index contributed by atoms with van der Waals surface area (Å²) in [5.41, 5.74) is 0.636. The zero-order valence-corrected chi connectivity index (χ0v) is 21.5. The number of hydrogen-bond donors (Lipinski definition) is 1. The number of likely N-dealkylation sites (N-methyl/N-ethyl adjacent to an activating group) is 1. The molecule has 2 heterocycles. The van der Waals surface area contributed by atoms with Gasteiger partial charge in [0.1, 0.15) is 18.1 Å². The number of cyclic esters (lactones) is 1. The Morgan fingerprint density at radius 1 is 1.31 bits per heavy atom. The van der Waals surface area contributed by atoms with Crippen LogP contribution in [0.5, 0.6) is 5.75 Å². The number of nitrogens with zero attached hydrogens (tertiary/aromatic N) is 4. The normalized spacial score (nSPS) is 23.1. The molecular formula is C23H35N5O6S. The molecule has 0 fully saturated rings. The Balaban J connectivity index is 1.76. The number of carbonyl (C=O) groups is 1. The second kappa shape index (κ2) is 12.4. The van der Waals surface area contributed by atoms with Crippen molar-refractivity contribution >= 4 is 16.0 Å². The molecule has 0 amide bonds. The van der Waals surface area contributed by atoms with Gasteiger partial charge in [0.15, 0.2) is 0 Å². The van der Waals surface area contributed by atoms with Gasteiger partial charge in [0.05, 0.1) is 30.9 Å².